The summed E-state index contributed by atoms with van der Waals surface area (Å²) in [5.41, 5.74) is 4.90. The van der Waals surface area contributed by atoms with Crippen molar-refractivity contribution in [1.82, 2.24) is 4.90 Å². The average Bonchev–Trinajstić information content (AvgIpc) is 3.26. The van der Waals surface area contributed by atoms with Gasteiger partial charge in [-0.1, -0.05) is 48.0 Å². The van der Waals surface area contributed by atoms with Gasteiger partial charge in [-0.05, 0) is 55.5 Å². The summed E-state index contributed by atoms with van der Waals surface area (Å²) in [5, 5.41) is 22.3. The molecule has 0 saturated carbocycles. The van der Waals surface area contributed by atoms with Crippen LogP contribution in [0.2, 0.25) is 5.02 Å². The summed E-state index contributed by atoms with van der Waals surface area (Å²) >= 11 is 6.02. The highest BCUT2D eigenvalue weighted by Crippen LogP contribution is 2.46. The molecule has 1 saturated heterocycles. The van der Waals surface area contributed by atoms with E-state index in [2.05, 4.69) is 0 Å². The molecule has 10 heteroatoms. The first-order valence-corrected chi connectivity index (χ1v) is 12.2. The Morgan fingerprint density at radius 3 is 2.13 bits per heavy atom. The molecule has 2 heterocycles. The van der Waals surface area contributed by atoms with Crippen molar-refractivity contribution in [2.45, 2.75) is 18.7 Å². The summed E-state index contributed by atoms with van der Waals surface area (Å²) in [7, 11) is 0. The lowest BCUT2D eigenvalue weighted by atomic mass is 9.93. The molecule has 1 fully saturated rings. The monoisotopic (exact) mass is 531 g/mol. The second kappa shape index (κ2) is 9.44. The maximum Gasteiger partial charge on any atom is 0.366 e. The predicted molar refractivity (Wildman–Crippen MR) is 142 cm³/mol. The van der Waals surface area contributed by atoms with Gasteiger partial charge in [-0.3, -0.25) is 20.2 Å². The number of amides is 2. The minimum atomic E-state index is -2.23. The third kappa shape index (κ3) is 3.67. The maximum absolute atomic E-state index is 14.6. The molecule has 2 unspecified atom stereocenters. The van der Waals surface area contributed by atoms with Gasteiger partial charge in [0.1, 0.15) is 22.7 Å². The fraction of sp³-hybridized carbons (Fsp3) is 0.143. The summed E-state index contributed by atoms with van der Waals surface area (Å²) in [6.45, 7) is 1.05. The number of likely N-dealkylation sites (tertiary alicyclic amines) is 1. The van der Waals surface area contributed by atoms with Crippen LogP contribution in [0, 0.1) is 0 Å². The average molecular weight is 532 g/mol. The molecule has 0 aromatic heterocycles. The molecule has 38 heavy (non-hydrogen) atoms. The lowest BCUT2D eigenvalue weighted by molar-refractivity contribution is -0.523. The third-order valence-corrected chi connectivity index (χ3v) is 6.77. The zero-order valence-corrected chi connectivity index (χ0v) is 21.0. The maximum atomic E-state index is 14.6. The molecule has 0 bridgehead atoms. The van der Waals surface area contributed by atoms with Crippen LogP contribution in [0.15, 0.2) is 90.5 Å². The van der Waals surface area contributed by atoms with Gasteiger partial charge < -0.3 is 10.2 Å². The Hall–Kier alpha value is -4.47. The SMILES string of the molecule is CC(O)CN1C(=O)C(=O)/C(=C(/O)c2ccc(Cl)cc2)C12C(=O)N(c1ccccc1)C(N)=[N+]2c1ccccc1. The predicted octanol–water partition coefficient (Wildman–Crippen LogP) is 2.80. The smallest absolute Gasteiger partial charge is 0.366 e. The zero-order chi connectivity index (χ0) is 27.2. The van der Waals surface area contributed by atoms with Gasteiger partial charge in [0, 0.05) is 10.6 Å². The van der Waals surface area contributed by atoms with Crippen LogP contribution in [0.25, 0.3) is 5.76 Å². The molecular weight excluding hydrogens is 508 g/mol. The minimum absolute atomic E-state index is 0.0908. The lowest BCUT2D eigenvalue weighted by Crippen LogP contribution is -2.60. The fourth-order valence-corrected chi connectivity index (χ4v) is 5.10. The van der Waals surface area contributed by atoms with Crippen molar-refractivity contribution in [3.8, 4) is 0 Å². The van der Waals surface area contributed by atoms with Crippen LogP contribution in [-0.2, 0) is 14.4 Å². The number of rotatable bonds is 5. The Bertz CT molecular complexity index is 1500. The molecule has 2 aliphatic rings. The van der Waals surface area contributed by atoms with Crippen molar-refractivity contribution in [1.29, 1.82) is 0 Å². The van der Waals surface area contributed by atoms with Gasteiger partial charge in [0.05, 0.1) is 12.6 Å². The number of nitrogens with zero attached hydrogens (tertiary/aromatic N) is 3. The van der Waals surface area contributed by atoms with E-state index in [0.717, 1.165) is 4.90 Å². The van der Waals surface area contributed by atoms with Crippen LogP contribution in [0.1, 0.15) is 12.5 Å². The molecule has 192 valence electrons. The largest absolute Gasteiger partial charge is 0.507 e. The van der Waals surface area contributed by atoms with Gasteiger partial charge in [-0.15, -0.1) is 0 Å². The molecule has 3 aromatic rings. The van der Waals surface area contributed by atoms with Gasteiger partial charge in [0.25, 0.3) is 17.4 Å². The van der Waals surface area contributed by atoms with Gasteiger partial charge >= 0.3 is 11.9 Å². The normalized spacial score (nSPS) is 21.6. The summed E-state index contributed by atoms with van der Waals surface area (Å²) < 4.78 is 1.36. The van der Waals surface area contributed by atoms with Crippen LogP contribution in [0.4, 0.5) is 11.4 Å². The van der Waals surface area contributed by atoms with Gasteiger partial charge in [-0.25, -0.2) is 4.79 Å². The Morgan fingerprint density at radius 1 is 0.974 bits per heavy atom. The quantitative estimate of drug-likeness (QED) is 0.201. The van der Waals surface area contributed by atoms with Crippen molar-refractivity contribution in [3.63, 3.8) is 0 Å². The van der Waals surface area contributed by atoms with Crippen LogP contribution in [0.5, 0.6) is 0 Å². The summed E-state index contributed by atoms with van der Waals surface area (Å²) in [6, 6.07) is 23.0. The number of ketones is 1. The number of carbonyl (C=O) groups excluding carboxylic acids is 3. The molecule has 2 amide bonds. The molecule has 4 N–H and O–H groups in total. The van der Waals surface area contributed by atoms with Gasteiger partial charge in [0.15, 0.2) is 0 Å². The zero-order valence-electron chi connectivity index (χ0n) is 20.3. The van der Waals surface area contributed by atoms with Crippen LogP contribution < -0.4 is 10.6 Å². The number of halogens is 1. The van der Waals surface area contributed by atoms with E-state index in [-0.39, 0.29) is 18.1 Å². The molecule has 5 rings (SSSR count). The Morgan fingerprint density at radius 2 is 1.55 bits per heavy atom. The van der Waals surface area contributed by atoms with Crippen LogP contribution in [0.3, 0.4) is 0 Å². The van der Waals surface area contributed by atoms with Crippen molar-refractivity contribution < 1.29 is 29.2 Å². The number of Topliss-reactive ketones (excluding diaryl/α,β-unsaturated/α-hetero) is 1. The number of aliphatic hydroxyl groups is 2. The van der Waals surface area contributed by atoms with E-state index in [1.807, 2.05) is 0 Å². The topological polar surface area (TPSA) is 127 Å². The molecule has 0 radical (unpaired) electrons. The van der Waals surface area contributed by atoms with E-state index in [1.54, 1.807) is 60.7 Å². The van der Waals surface area contributed by atoms with Crippen molar-refractivity contribution >= 4 is 52.3 Å². The van der Waals surface area contributed by atoms with E-state index in [9.17, 15) is 24.6 Å². The fourth-order valence-electron chi connectivity index (χ4n) is 4.97. The number of carbonyl (C=O) groups is 3. The number of β-amino-alcohol motifs (C(OH)–C–C–N with tert-alkyl or cyclic N) is 1. The number of para-hydroxylation sites is 2. The number of anilines is 1. The highest BCUT2D eigenvalue weighted by Gasteiger charge is 2.73. The van der Waals surface area contributed by atoms with Gasteiger partial charge in [0.2, 0.25) is 0 Å². The van der Waals surface area contributed by atoms with Crippen LogP contribution in [-0.4, -0.2) is 61.6 Å². The summed E-state index contributed by atoms with van der Waals surface area (Å²) in [5.74, 6) is -3.58. The number of benzene rings is 3. The standard InChI is InChI=1S/C28H23ClN4O5/c1-17(34)16-31-25(37)24(36)22(23(35)18-12-14-19(29)15-13-18)28(31)26(38)32(20-8-4-2-5-9-20)27(30)33(28)21-10-6-3-7-11-21/h2-15,17,30,34H,16H2,1H3,(H,35,36)/p+1. The first-order valence-electron chi connectivity index (χ1n) is 11.8. The molecule has 2 aliphatic heterocycles. The number of hydrogen-bond donors (Lipinski definition) is 3. The summed E-state index contributed by atoms with van der Waals surface area (Å²) in [4.78, 5) is 43.9. The minimum Gasteiger partial charge on any atom is -0.507 e. The third-order valence-electron chi connectivity index (χ3n) is 6.52. The summed E-state index contributed by atoms with van der Waals surface area (Å²) in [6.07, 6.45) is -1.11. The Kier molecular flexibility index (Phi) is 6.26. The van der Waals surface area contributed by atoms with E-state index in [1.165, 1.54) is 40.7 Å². The first-order chi connectivity index (χ1) is 18.2. The van der Waals surface area contributed by atoms with Crippen LogP contribution >= 0.6 is 11.6 Å². The number of hydrogen-bond acceptors (Lipinski definition) is 6. The molecule has 2 atom stereocenters. The van der Waals surface area contributed by atoms with Crippen molar-refractivity contribution in [3.05, 3.63) is 101 Å². The van der Waals surface area contributed by atoms with E-state index >= 15 is 0 Å². The van der Waals surface area contributed by atoms with Gasteiger partial charge in [-0.2, -0.15) is 9.48 Å². The molecule has 9 nitrogen and oxygen atoms in total. The number of guanidine groups is 1. The number of nitrogens with two attached hydrogens (primary N) is 1. The second-order valence-corrected chi connectivity index (χ2v) is 9.44. The first kappa shape index (κ1) is 25.2. The highest BCUT2D eigenvalue weighted by atomic mass is 35.5. The van der Waals surface area contributed by atoms with E-state index in [0.29, 0.717) is 16.4 Å². The second-order valence-electron chi connectivity index (χ2n) is 9.00. The van der Waals surface area contributed by atoms with Crippen molar-refractivity contribution in [2.75, 3.05) is 11.4 Å². The van der Waals surface area contributed by atoms with E-state index < -0.39 is 40.7 Å². The molecule has 3 aromatic carbocycles. The Balaban J connectivity index is 1.90. The molecule has 1 spiro atoms. The van der Waals surface area contributed by atoms with E-state index in [4.69, 9.17) is 17.3 Å². The molecular formula is C28H24ClN4O5+. The Labute approximate surface area is 223 Å². The molecule has 0 aliphatic carbocycles. The number of aliphatic hydroxyl groups excluding tert-OH is 2. The lowest BCUT2D eigenvalue weighted by Gasteiger charge is -2.34. The highest BCUT2D eigenvalue weighted by molar-refractivity contribution is 6.50. The van der Waals surface area contributed by atoms with Crippen molar-refractivity contribution in [2.24, 2.45) is 5.73 Å².